The molecule has 8 nitrogen and oxygen atoms in total. The number of ether oxygens (including phenoxy) is 3. The van der Waals surface area contributed by atoms with Gasteiger partial charge < -0.3 is 34.6 Å². The molecule has 0 saturated carbocycles. The Balaban J connectivity index is 2.72. The smallest absolute Gasteiger partial charge is 0.331 e. The standard InChI is InChI=1S/C26H46O8/c1-8-17(4)18(5)12-21(10-15(2)9-19(6)20(7)28)33-23(29)11-16(3)14-32-26-25(31)24(30)22(13-27)34-26/h11,15,18-22,24-28,30-31H,4,8-10,12-14H2,1-3,5-7H3. The number of hydrogen-bond acceptors (Lipinski definition) is 8. The minimum Gasteiger partial charge on any atom is -0.459 e. The molecule has 0 bridgehead atoms. The van der Waals surface area contributed by atoms with Crippen LogP contribution < -0.4 is 0 Å². The number of carbonyl (C=O) groups excluding carboxylic acids is 1. The Labute approximate surface area is 204 Å². The van der Waals surface area contributed by atoms with Gasteiger partial charge in [0.2, 0.25) is 0 Å². The van der Waals surface area contributed by atoms with Crippen LogP contribution in [0.15, 0.2) is 23.8 Å². The summed E-state index contributed by atoms with van der Waals surface area (Å²) in [5.74, 6) is 0.164. The lowest BCUT2D eigenvalue weighted by molar-refractivity contribution is -0.164. The van der Waals surface area contributed by atoms with Crippen molar-refractivity contribution in [2.75, 3.05) is 13.2 Å². The van der Waals surface area contributed by atoms with Gasteiger partial charge in [-0.1, -0.05) is 39.8 Å². The van der Waals surface area contributed by atoms with Crippen molar-refractivity contribution < 1.29 is 39.4 Å². The third kappa shape index (κ3) is 10.1. The van der Waals surface area contributed by atoms with Crippen molar-refractivity contribution in [3.63, 3.8) is 0 Å². The average molecular weight is 487 g/mol. The molecule has 1 heterocycles. The molecular weight excluding hydrogens is 440 g/mol. The van der Waals surface area contributed by atoms with Gasteiger partial charge >= 0.3 is 5.97 Å². The second kappa shape index (κ2) is 15.0. The Hall–Kier alpha value is -1.29. The second-order valence-electron chi connectivity index (χ2n) is 10.0. The highest BCUT2D eigenvalue weighted by Gasteiger charge is 2.43. The van der Waals surface area contributed by atoms with E-state index in [0.717, 1.165) is 18.4 Å². The van der Waals surface area contributed by atoms with Crippen molar-refractivity contribution in [1.82, 2.24) is 0 Å². The highest BCUT2D eigenvalue weighted by Crippen LogP contribution is 2.27. The van der Waals surface area contributed by atoms with Crippen LogP contribution >= 0.6 is 0 Å². The van der Waals surface area contributed by atoms with Gasteiger partial charge in [0.05, 0.1) is 19.3 Å². The molecule has 8 heteroatoms. The predicted molar refractivity (Wildman–Crippen MR) is 130 cm³/mol. The number of allylic oxidation sites excluding steroid dienone is 1. The quantitative estimate of drug-likeness (QED) is 0.158. The van der Waals surface area contributed by atoms with Gasteiger partial charge in [0, 0.05) is 6.08 Å². The maximum Gasteiger partial charge on any atom is 0.331 e. The van der Waals surface area contributed by atoms with Crippen LogP contribution in [0, 0.1) is 17.8 Å². The van der Waals surface area contributed by atoms with Crippen LogP contribution in [0.4, 0.5) is 0 Å². The molecule has 0 aromatic heterocycles. The summed E-state index contributed by atoms with van der Waals surface area (Å²) >= 11 is 0. The molecule has 0 amide bonds. The molecule has 9 atom stereocenters. The van der Waals surface area contributed by atoms with E-state index in [1.54, 1.807) is 13.8 Å². The lowest BCUT2D eigenvalue weighted by Gasteiger charge is -2.26. The van der Waals surface area contributed by atoms with Gasteiger partial charge in [-0.15, -0.1) is 0 Å². The van der Waals surface area contributed by atoms with Gasteiger partial charge in [-0.3, -0.25) is 0 Å². The third-order valence-corrected chi connectivity index (χ3v) is 6.65. The molecule has 0 spiro atoms. The molecule has 0 aliphatic carbocycles. The zero-order valence-corrected chi connectivity index (χ0v) is 21.6. The summed E-state index contributed by atoms with van der Waals surface area (Å²) in [5, 5.41) is 38.7. The lowest BCUT2D eigenvalue weighted by atomic mass is 9.86. The van der Waals surface area contributed by atoms with Gasteiger partial charge in [0.25, 0.3) is 0 Å². The van der Waals surface area contributed by atoms with Gasteiger partial charge in [-0.2, -0.15) is 0 Å². The first kappa shape index (κ1) is 30.7. The molecule has 1 fully saturated rings. The van der Waals surface area contributed by atoms with E-state index in [2.05, 4.69) is 27.4 Å². The normalized spacial score (nSPS) is 27.6. The summed E-state index contributed by atoms with van der Waals surface area (Å²) in [4.78, 5) is 12.6. The summed E-state index contributed by atoms with van der Waals surface area (Å²) < 4.78 is 16.6. The molecule has 198 valence electrons. The maximum absolute atomic E-state index is 12.6. The Morgan fingerprint density at radius 2 is 1.76 bits per heavy atom. The van der Waals surface area contributed by atoms with Crippen LogP contribution in [0.3, 0.4) is 0 Å². The Morgan fingerprint density at radius 1 is 1.12 bits per heavy atom. The predicted octanol–water partition coefficient (Wildman–Crippen LogP) is 2.73. The average Bonchev–Trinajstić information content (AvgIpc) is 3.04. The lowest BCUT2D eigenvalue weighted by Crippen LogP contribution is -2.34. The van der Waals surface area contributed by atoms with Gasteiger partial charge in [0.15, 0.2) is 6.29 Å². The third-order valence-electron chi connectivity index (χ3n) is 6.65. The number of rotatable bonds is 15. The van der Waals surface area contributed by atoms with E-state index in [1.807, 2.05) is 6.92 Å². The number of aliphatic hydroxyl groups excluding tert-OH is 4. The molecule has 9 unspecified atom stereocenters. The zero-order chi connectivity index (χ0) is 26.0. The Morgan fingerprint density at radius 3 is 2.29 bits per heavy atom. The fourth-order valence-corrected chi connectivity index (χ4v) is 4.14. The highest BCUT2D eigenvalue weighted by atomic mass is 16.7. The zero-order valence-electron chi connectivity index (χ0n) is 21.6. The number of aliphatic hydroxyl groups is 4. The van der Waals surface area contributed by atoms with E-state index < -0.39 is 37.2 Å². The summed E-state index contributed by atoms with van der Waals surface area (Å²) in [5.41, 5.74) is 1.69. The largest absolute Gasteiger partial charge is 0.459 e. The summed E-state index contributed by atoms with van der Waals surface area (Å²) in [7, 11) is 0. The second-order valence-corrected chi connectivity index (χ2v) is 10.0. The van der Waals surface area contributed by atoms with Crippen molar-refractivity contribution in [2.45, 2.75) is 104 Å². The minimum atomic E-state index is -1.28. The summed E-state index contributed by atoms with van der Waals surface area (Å²) in [6.45, 7) is 15.4. The summed E-state index contributed by atoms with van der Waals surface area (Å²) in [6.07, 6.45) is -0.745. The summed E-state index contributed by atoms with van der Waals surface area (Å²) in [6, 6.07) is 0. The topological polar surface area (TPSA) is 126 Å². The molecule has 0 radical (unpaired) electrons. The van der Waals surface area contributed by atoms with Crippen molar-refractivity contribution in [1.29, 1.82) is 0 Å². The molecule has 1 saturated heterocycles. The van der Waals surface area contributed by atoms with Crippen LogP contribution in [-0.4, -0.2) is 76.4 Å². The minimum absolute atomic E-state index is 0.00227. The molecular formula is C26H46O8. The van der Waals surface area contributed by atoms with E-state index >= 15 is 0 Å². The van der Waals surface area contributed by atoms with Crippen molar-refractivity contribution in [3.05, 3.63) is 23.8 Å². The van der Waals surface area contributed by atoms with E-state index in [-0.39, 0.29) is 36.6 Å². The molecule has 1 aliphatic heterocycles. The molecule has 4 N–H and O–H groups in total. The van der Waals surface area contributed by atoms with Crippen LogP contribution in [0.25, 0.3) is 0 Å². The van der Waals surface area contributed by atoms with Gasteiger partial charge in [-0.25, -0.2) is 4.79 Å². The van der Waals surface area contributed by atoms with E-state index in [4.69, 9.17) is 19.3 Å². The van der Waals surface area contributed by atoms with E-state index in [0.29, 0.717) is 18.4 Å². The Kier molecular flexibility index (Phi) is 13.5. The number of carbonyl (C=O) groups is 1. The monoisotopic (exact) mass is 486 g/mol. The highest BCUT2D eigenvalue weighted by molar-refractivity contribution is 5.82. The first-order valence-corrected chi connectivity index (χ1v) is 12.4. The van der Waals surface area contributed by atoms with Crippen molar-refractivity contribution in [3.8, 4) is 0 Å². The fraction of sp³-hybridized carbons (Fsp3) is 0.808. The van der Waals surface area contributed by atoms with Gasteiger partial charge in [0.1, 0.15) is 24.4 Å². The van der Waals surface area contributed by atoms with E-state index in [9.17, 15) is 20.1 Å². The molecule has 1 rings (SSSR count). The first-order chi connectivity index (χ1) is 15.9. The molecule has 0 aromatic carbocycles. The molecule has 0 aromatic rings. The molecule has 1 aliphatic rings. The number of hydrogen-bond donors (Lipinski definition) is 4. The van der Waals surface area contributed by atoms with Crippen LogP contribution in [0.2, 0.25) is 0 Å². The van der Waals surface area contributed by atoms with Crippen molar-refractivity contribution >= 4 is 5.97 Å². The van der Waals surface area contributed by atoms with Gasteiger partial charge in [-0.05, 0) is 62.9 Å². The van der Waals surface area contributed by atoms with Crippen LogP contribution in [0.5, 0.6) is 0 Å². The maximum atomic E-state index is 12.6. The Bertz CT molecular complexity index is 661. The molecule has 34 heavy (non-hydrogen) atoms. The fourth-order valence-electron chi connectivity index (χ4n) is 4.14. The van der Waals surface area contributed by atoms with Crippen molar-refractivity contribution in [2.24, 2.45) is 17.8 Å². The number of esters is 1. The van der Waals surface area contributed by atoms with E-state index in [1.165, 1.54) is 6.08 Å². The first-order valence-electron chi connectivity index (χ1n) is 12.4. The van der Waals surface area contributed by atoms with Crippen LogP contribution in [0.1, 0.15) is 67.2 Å². The SMILES string of the molecule is C=C(CC)C(C)CC(CC(C)CC(C)C(C)O)OC(=O)C=C(C)COC1OC(CO)C(O)C1O. The van der Waals surface area contributed by atoms with Crippen LogP contribution in [-0.2, 0) is 19.0 Å².